The molecule has 9 aromatic rings. The summed E-state index contributed by atoms with van der Waals surface area (Å²) in [5.41, 5.74) is -7.01. The van der Waals surface area contributed by atoms with Gasteiger partial charge in [-0.15, -0.1) is 0 Å². The van der Waals surface area contributed by atoms with Crippen molar-refractivity contribution < 1.29 is 62.3 Å². The molecule has 1 heterocycles. The van der Waals surface area contributed by atoms with Gasteiger partial charge in [0.2, 0.25) is 0 Å². The molecule has 358 valence electrons. The first-order chi connectivity index (χ1) is 33.5. The largest absolute Gasteiger partial charge is 0.416 e. The zero-order chi connectivity index (χ0) is 50.8. The first-order valence-electron chi connectivity index (χ1n) is 21.3. The van der Waals surface area contributed by atoms with E-state index < -0.39 is 69.6 Å². The lowest BCUT2D eigenvalue weighted by atomic mass is 9.96. The van der Waals surface area contributed by atoms with Crippen molar-refractivity contribution in [3.05, 3.63) is 203 Å². The molecule has 0 aliphatic rings. The molecule has 8 aromatic carbocycles. The number of nitrogens with zero attached hydrogens (tertiary/aromatic N) is 2. The van der Waals surface area contributed by atoms with Crippen molar-refractivity contribution in [3.63, 3.8) is 0 Å². The van der Waals surface area contributed by atoms with E-state index in [4.69, 9.17) is 0 Å². The number of para-hydroxylation sites is 2. The molecule has 0 aliphatic carbocycles. The van der Waals surface area contributed by atoms with Gasteiger partial charge in [0.25, 0.3) is 5.91 Å². The Balaban J connectivity index is 1.41. The van der Waals surface area contributed by atoms with Crippen LogP contribution in [0.5, 0.6) is 0 Å². The fourth-order valence-corrected chi connectivity index (χ4v) is 8.88. The van der Waals surface area contributed by atoms with Crippen LogP contribution in [0.4, 0.5) is 58.4 Å². The van der Waals surface area contributed by atoms with Gasteiger partial charge in [0.15, 0.2) is 6.29 Å². The van der Waals surface area contributed by atoms with Crippen LogP contribution < -0.4 is 4.90 Å². The molecule has 0 spiro atoms. The van der Waals surface area contributed by atoms with Gasteiger partial charge in [-0.1, -0.05) is 121 Å². The number of aromatic nitrogens is 1. The van der Waals surface area contributed by atoms with Crippen molar-refractivity contribution in [2.75, 3.05) is 11.9 Å². The van der Waals surface area contributed by atoms with E-state index in [1.54, 1.807) is 42.5 Å². The van der Waals surface area contributed by atoms with Crippen LogP contribution in [-0.2, 0) is 24.7 Å². The first-order valence-corrected chi connectivity index (χ1v) is 21.3. The molecular formula is C55H32F12N2O2. The minimum atomic E-state index is -5.30. The van der Waals surface area contributed by atoms with Gasteiger partial charge in [0.1, 0.15) is 0 Å². The standard InChI is InChI=1S/C55H32F12N2O2/c1-68(47-27-33(31-11-4-2-5-12-31)21-22-41(47)32-13-6-3-7-14-32)51(71)48-34(30-70)15-8-20-46(48)69-49-42(35-23-37(52(56,57)58)28-38(24-35)53(59,60)61)16-9-18-44(49)45-19-10-17-43(50(45)69)36-25-39(54(62,63)64)29-40(26-36)55(65,66)67/h2-30H,1H3. The predicted octanol–water partition coefficient (Wildman–Crippen LogP) is 16.6. The lowest BCUT2D eigenvalue weighted by molar-refractivity contribution is -0.144. The van der Waals surface area contributed by atoms with Crippen LogP contribution in [0.25, 0.3) is 72.0 Å². The van der Waals surface area contributed by atoms with Crippen molar-refractivity contribution in [2.45, 2.75) is 24.7 Å². The Hall–Kier alpha value is -8.14. The van der Waals surface area contributed by atoms with Gasteiger partial charge in [-0.25, -0.2) is 0 Å². The maximum absolute atomic E-state index is 15.5. The second-order valence-corrected chi connectivity index (χ2v) is 16.5. The number of hydrogen-bond donors (Lipinski definition) is 0. The molecule has 1 aromatic heterocycles. The van der Waals surface area contributed by atoms with Crippen LogP contribution in [0.15, 0.2) is 170 Å². The third-order valence-electron chi connectivity index (χ3n) is 12.1. The number of benzene rings is 8. The number of aldehydes is 1. The van der Waals surface area contributed by atoms with Gasteiger partial charge < -0.3 is 9.47 Å². The van der Waals surface area contributed by atoms with E-state index in [0.29, 0.717) is 52.9 Å². The lowest BCUT2D eigenvalue weighted by Crippen LogP contribution is -2.29. The molecule has 71 heavy (non-hydrogen) atoms. The summed E-state index contributed by atoms with van der Waals surface area (Å²) in [4.78, 5) is 29.9. The monoisotopic (exact) mass is 980 g/mol. The molecule has 0 radical (unpaired) electrons. The number of anilines is 1. The molecule has 1 amide bonds. The van der Waals surface area contributed by atoms with Gasteiger partial charge in [0, 0.05) is 40.1 Å². The number of hydrogen-bond acceptors (Lipinski definition) is 2. The van der Waals surface area contributed by atoms with E-state index >= 15 is 4.79 Å². The number of amides is 1. The van der Waals surface area contributed by atoms with Crippen LogP contribution in [0.1, 0.15) is 43.0 Å². The van der Waals surface area contributed by atoms with E-state index in [1.165, 1.54) is 71.1 Å². The van der Waals surface area contributed by atoms with Gasteiger partial charge in [0.05, 0.1) is 50.2 Å². The Kier molecular flexibility index (Phi) is 11.9. The molecule has 0 saturated carbocycles. The second kappa shape index (κ2) is 17.7. The Labute approximate surface area is 395 Å². The molecule has 0 saturated heterocycles. The molecule has 0 unspecified atom stereocenters. The molecule has 16 heteroatoms. The molecule has 0 N–H and O–H groups in total. The summed E-state index contributed by atoms with van der Waals surface area (Å²) >= 11 is 0. The number of rotatable bonds is 8. The van der Waals surface area contributed by atoms with E-state index in [-0.39, 0.29) is 56.3 Å². The molecule has 0 fully saturated rings. The van der Waals surface area contributed by atoms with Crippen LogP contribution in [-0.4, -0.2) is 23.8 Å². The quantitative estimate of drug-likeness (QED) is 0.112. The summed E-state index contributed by atoms with van der Waals surface area (Å²) in [5, 5.41) is 0.108. The highest BCUT2D eigenvalue weighted by Crippen LogP contribution is 2.47. The van der Waals surface area contributed by atoms with E-state index in [9.17, 15) is 57.5 Å². The molecule has 4 nitrogen and oxygen atoms in total. The summed E-state index contributed by atoms with van der Waals surface area (Å²) in [6.07, 6.45) is -20.9. The maximum Gasteiger partial charge on any atom is 0.416 e. The van der Waals surface area contributed by atoms with Gasteiger partial charge in [-0.2, -0.15) is 52.7 Å². The van der Waals surface area contributed by atoms with Crippen LogP contribution in [0.2, 0.25) is 0 Å². The smallest absolute Gasteiger partial charge is 0.311 e. The Morgan fingerprint density at radius 1 is 0.437 bits per heavy atom. The Morgan fingerprint density at radius 2 is 0.873 bits per heavy atom. The third kappa shape index (κ3) is 9.01. The van der Waals surface area contributed by atoms with Gasteiger partial charge >= 0.3 is 24.7 Å². The van der Waals surface area contributed by atoms with Gasteiger partial charge in [-0.3, -0.25) is 9.59 Å². The van der Waals surface area contributed by atoms with Crippen LogP contribution in [0, 0.1) is 0 Å². The average molecular weight is 981 g/mol. The molecule has 0 aliphatic heterocycles. The van der Waals surface area contributed by atoms with Gasteiger partial charge in [-0.05, 0) is 76.3 Å². The van der Waals surface area contributed by atoms with Crippen LogP contribution in [0.3, 0.4) is 0 Å². The summed E-state index contributed by atoms with van der Waals surface area (Å²) in [7, 11) is 1.41. The minimum absolute atomic E-state index is 0.0542. The second-order valence-electron chi connectivity index (χ2n) is 16.5. The Morgan fingerprint density at radius 3 is 1.31 bits per heavy atom. The predicted molar refractivity (Wildman–Crippen MR) is 247 cm³/mol. The molecule has 0 atom stereocenters. The summed E-state index contributed by atoms with van der Waals surface area (Å²) in [5.74, 6) is -0.882. The van der Waals surface area contributed by atoms with Crippen LogP contribution >= 0.6 is 0 Å². The highest BCUT2D eigenvalue weighted by atomic mass is 19.4. The first kappa shape index (κ1) is 47.9. The number of carbonyl (C=O) groups excluding carboxylic acids is 2. The summed E-state index contributed by atoms with van der Waals surface area (Å²) in [6, 6.07) is 36.8. The fraction of sp³-hybridized carbons (Fsp3) is 0.0909. The lowest BCUT2D eigenvalue weighted by Gasteiger charge is -2.25. The third-order valence-corrected chi connectivity index (χ3v) is 12.1. The zero-order valence-corrected chi connectivity index (χ0v) is 36.5. The number of halogens is 12. The molecule has 0 bridgehead atoms. The van der Waals surface area contributed by atoms with Crippen molar-refractivity contribution in [2.24, 2.45) is 0 Å². The van der Waals surface area contributed by atoms with Crippen molar-refractivity contribution in [3.8, 4) is 50.2 Å². The number of alkyl halides is 12. The van der Waals surface area contributed by atoms with Crippen molar-refractivity contribution in [1.29, 1.82) is 0 Å². The average Bonchev–Trinajstić information content (AvgIpc) is 3.69. The normalized spacial score (nSPS) is 12.4. The van der Waals surface area contributed by atoms with E-state index in [2.05, 4.69) is 0 Å². The minimum Gasteiger partial charge on any atom is -0.311 e. The maximum atomic E-state index is 15.5. The van der Waals surface area contributed by atoms with E-state index in [0.717, 1.165) is 5.56 Å². The number of carbonyl (C=O) groups is 2. The van der Waals surface area contributed by atoms with Crippen molar-refractivity contribution >= 4 is 39.7 Å². The van der Waals surface area contributed by atoms with Crippen molar-refractivity contribution in [1.82, 2.24) is 4.57 Å². The van der Waals surface area contributed by atoms with E-state index in [1.807, 2.05) is 36.4 Å². The SMILES string of the molecule is CN(C(=O)c1c(C=O)cccc1-n1c2c(-c3cc(C(F)(F)F)cc(C(F)(F)F)c3)cccc2c2cccc(-c3cc(C(F)(F)F)cc(C(F)(F)F)c3)c21)c1cc(-c2ccccc2)ccc1-c1ccccc1. The fourth-order valence-electron chi connectivity index (χ4n) is 8.88. The molecule has 9 rings (SSSR count). The summed E-state index contributed by atoms with van der Waals surface area (Å²) < 4.78 is 174. The highest BCUT2D eigenvalue weighted by molar-refractivity contribution is 6.20. The zero-order valence-electron chi connectivity index (χ0n) is 36.5. The number of fused-ring (bicyclic) bond motifs is 3. The summed E-state index contributed by atoms with van der Waals surface area (Å²) in [6.45, 7) is 0. The molecular weight excluding hydrogens is 949 g/mol. The highest BCUT2D eigenvalue weighted by Gasteiger charge is 2.39. The topological polar surface area (TPSA) is 42.3 Å². The Bertz CT molecular complexity index is 3340.